The van der Waals surface area contributed by atoms with Gasteiger partial charge in [0.05, 0.1) is 29.2 Å². The van der Waals surface area contributed by atoms with E-state index in [1.807, 2.05) is 0 Å². The number of carboxylic acids is 1. The van der Waals surface area contributed by atoms with Crippen molar-refractivity contribution in [2.24, 2.45) is 11.8 Å². The molecule has 2 amide bonds. The maximum Gasteiger partial charge on any atom is 0.394 e. The Morgan fingerprint density at radius 3 is 2.60 bits per heavy atom. The summed E-state index contributed by atoms with van der Waals surface area (Å²) in [4.78, 5) is 24.1. The first-order valence-electron chi connectivity index (χ1n) is 7.41. The van der Waals surface area contributed by atoms with Gasteiger partial charge >= 0.3 is 18.2 Å². The van der Waals surface area contributed by atoms with Gasteiger partial charge in [0.25, 0.3) is 0 Å². The van der Waals surface area contributed by atoms with Crippen LogP contribution in [0.3, 0.4) is 0 Å². The number of halogens is 4. The predicted octanol–water partition coefficient (Wildman–Crippen LogP) is 3.47. The summed E-state index contributed by atoms with van der Waals surface area (Å²) in [6.45, 7) is 0.887. The number of nitrogens with one attached hydrogen (secondary N) is 1. The van der Waals surface area contributed by atoms with Crippen molar-refractivity contribution in [1.82, 2.24) is 4.90 Å². The lowest BCUT2D eigenvalue weighted by Crippen LogP contribution is -2.35. The summed E-state index contributed by atoms with van der Waals surface area (Å²) in [5.41, 5.74) is 0.167. The third-order valence-electron chi connectivity index (χ3n) is 3.84. The van der Waals surface area contributed by atoms with E-state index >= 15 is 0 Å². The number of ether oxygens (including phenoxy) is 1. The number of carboxylic acid groups (broad SMARTS) is 1. The Morgan fingerprint density at radius 1 is 1.40 bits per heavy atom. The summed E-state index contributed by atoms with van der Waals surface area (Å²) in [5, 5.41) is 11.6. The summed E-state index contributed by atoms with van der Waals surface area (Å²) < 4.78 is 44.2. The molecule has 0 bridgehead atoms. The maximum absolute atomic E-state index is 13.0. The zero-order valence-electron chi connectivity index (χ0n) is 13.1. The van der Waals surface area contributed by atoms with E-state index < -0.39 is 43.1 Å². The highest BCUT2D eigenvalue weighted by Gasteiger charge is 2.53. The number of urea groups is 1. The number of carbonyl (C=O) groups excluding carboxylic acids is 1. The zero-order valence-corrected chi connectivity index (χ0v) is 13.9. The molecule has 1 aromatic carbocycles. The number of benzene rings is 1. The van der Waals surface area contributed by atoms with Gasteiger partial charge in [-0.2, -0.15) is 13.2 Å². The molecular formula is C15H16ClF3N2O4. The maximum atomic E-state index is 13.0. The molecule has 0 aliphatic carbocycles. The number of carbonyl (C=O) groups is 2. The fraction of sp³-hybridized carbons (Fsp3) is 0.467. The van der Waals surface area contributed by atoms with E-state index in [0.29, 0.717) is 12.4 Å². The summed E-state index contributed by atoms with van der Waals surface area (Å²) in [6, 6.07) is 3.64. The predicted molar refractivity (Wildman–Crippen MR) is 83.9 cm³/mol. The number of anilines is 1. The molecule has 25 heavy (non-hydrogen) atoms. The lowest BCUT2D eigenvalue weighted by atomic mass is 9.96. The molecular weight excluding hydrogens is 365 g/mol. The molecule has 0 spiro atoms. The van der Waals surface area contributed by atoms with E-state index in [1.54, 1.807) is 13.0 Å². The van der Waals surface area contributed by atoms with E-state index in [0.717, 1.165) is 4.90 Å². The minimum Gasteiger partial charge on any atom is -0.494 e. The van der Waals surface area contributed by atoms with Crippen LogP contribution < -0.4 is 10.1 Å². The summed E-state index contributed by atoms with van der Waals surface area (Å²) in [5.74, 6) is -4.97. The summed E-state index contributed by atoms with van der Waals surface area (Å²) in [6.07, 6.45) is -4.70. The fourth-order valence-electron chi connectivity index (χ4n) is 2.60. The molecule has 1 saturated heterocycles. The first-order valence-corrected chi connectivity index (χ1v) is 7.79. The molecule has 0 radical (unpaired) electrons. The lowest BCUT2D eigenvalue weighted by molar-refractivity contribution is -0.187. The van der Waals surface area contributed by atoms with Crippen molar-refractivity contribution >= 4 is 29.3 Å². The van der Waals surface area contributed by atoms with Gasteiger partial charge in [0.15, 0.2) is 0 Å². The minimum absolute atomic E-state index is 0.167. The monoisotopic (exact) mass is 380 g/mol. The number of rotatable bonds is 4. The van der Waals surface area contributed by atoms with Crippen molar-refractivity contribution in [3.05, 3.63) is 23.2 Å². The van der Waals surface area contributed by atoms with Crippen molar-refractivity contribution in [3.8, 4) is 5.75 Å². The molecule has 0 unspecified atom stereocenters. The van der Waals surface area contributed by atoms with Gasteiger partial charge in [-0.05, 0) is 19.1 Å². The minimum atomic E-state index is -4.70. The second-order valence-electron chi connectivity index (χ2n) is 5.50. The van der Waals surface area contributed by atoms with Crippen LogP contribution in [0, 0.1) is 11.8 Å². The molecule has 10 heteroatoms. The Bertz CT molecular complexity index is 669. The van der Waals surface area contributed by atoms with E-state index in [2.05, 4.69) is 5.32 Å². The quantitative estimate of drug-likeness (QED) is 0.838. The van der Waals surface area contributed by atoms with Crippen molar-refractivity contribution in [3.63, 3.8) is 0 Å². The van der Waals surface area contributed by atoms with E-state index in [1.165, 1.54) is 12.1 Å². The van der Waals surface area contributed by atoms with Gasteiger partial charge in [0.1, 0.15) is 5.75 Å². The number of alkyl halides is 3. The number of hydrogen-bond acceptors (Lipinski definition) is 3. The molecule has 0 aromatic heterocycles. The van der Waals surface area contributed by atoms with Crippen molar-refractivity contribution in [2.45, 2.75) is 13.1 Å². The van der Waals surface area contributed by atoms with E-state index in [-0.39, 0.29) is 10.7 Å². The van der Waals surface area contributed by atoms with Crippen LogP contribution in [0.4, 0.5) is 23.7 Å². The molecule has 1 heterocycles. The van der Waals surface area contributed by atoms with E-state index in [9.17, 15) is 22.8 Å². The molecule has 138 valence electrons. The fourth-order valence-corrected chi connectivity index (χ4v) is 2.77. The SMILES string of the molecule is CCOc1ccc(Cl)c(NC(=O)N2C[C@@H](C(F)(F)F)[C@H](C(=O)O)C2)c1. The van der Waals surface area contributed by atoms with Crippen LogP contribution >= 0.6 is 11.6 Å². The molecule has 1 aliphatic heterocycles. The number of hydrogen-bond donors (Lipinski definition) is 2. The van der Waals surface area contributed by atoms with Crippen LogP contribution in [-0.4, -0.2) is 47.9 Å². The molecule has 0 saturated carbocycles. The van der Waals surface area contributed by atoms with Gasteiger partial charge in [0.2, 0.25) is 0 Å². The topological polar surface area (TPSA) is 78.9 Å². The summed E-state index contributed by atoms with van der Waals surface area (Å²) in [7, 11) is 0. The number of likely N-dealkylation sites (tertiary alicyclic amines) is 1. The Morgan fingerprint density at radius 2 is 2.08 bits per heavy atom. The third-order valence-corrected chi connectivity index (χ3v) is 4.16. The van der Waals surface area contributed by atoms with Crippen LogP contribution in [0.25, 0.3) is 0 Å². The number of nitrogens with zero attached hydrogens (tertiary/aromatic N) is 1. The lowest BCUT2D eigenvalue weighted by Gasteiger charge is -2.19. The highest BCUT2D eigenvalue weighted by Crippen LogP contribution is 2.38. The van der Waals surface area contributed by atoms with Crippen molar-refractivity contribution in [2.75, 3.05) is 25.0 Å². The van der Waals surface area contributed by atoms with Gasteiger partial charge in [-0.3, -0.25) is 4.79 Å². The number of amides is 2. The molecule has 6 nitrogen and oxygen atoms in total. The van der Waals surface area contributed by atoms with Crippen LogP contribution in [0.15, 0.2) is 18.2 Å². The highest BCUT2D eigenvalue weighted by molar-refractivity contribution is 6.33. The van der Waals surface area contributed by atoms with Crippen molar-refractivity contribution < 1.29 is 32.6 Å². The molecule has 2 rings (SSSR count). The van der Waals surface area contributed by atoms with Crippen LogP contribution in [-0.2, 0) is 4.79 Å². The van der Waals surface area contributed by atoms with Gasteiger partial charge in [-0.15, -0.1) is 0 Å². The largest absolute Gasteiger partial charge is 0.494 e. The van der Waals surface area contributed by atoms with E-state index in [4.69, 9.17) is 21.4 Å². The smallest absolute Gasteiger partial charge is 0.394 e. The average molecular weight is 381 g/mol. The number of aliphatic carboxylic acids is 1. The van der Waals surface area contributed by atoms with Gasteiger partial charge in [-0.1, -0.05) is 11.6 Å². The molecule has 1 aromatic rings. The van der Waals surface area contributed by atoms with Crippen LogP contribution in [0.2, 0.25) is 5.02 Å². The van der Waals surface area contributed by atoms with Crippen LogP contribution in [0.5, 0.6) is 5.75 Å². The van der Waals surface area contributed by atoms with Crippen LogP contribution in [0.1, 0.15) is 6.92 Å². The molecule has 1 fully saturated rings. The first-order chi connectivity index (χ1) is 11.6. The standard InChI is InChI=1S/C15H16ClF3N2O4/c1-2-25-8-3-4-11(16)12(5-8)20-14(24)21-6-9(13(22)23)10(7-21)15(17,18)19/h3-5,9-10H,2,6-7H2,1H3,(H,20,24)(H,22,23)/t9-,10-/m1/s1. The Labute approximate surface area is 146 Å². The van der Waals surface area contributed by atoms with Gasteiger partial charge in [0, 0.05) is 19.2 Å². The second-order valence-corrected chi connectivity index (χ2v) is 5.91. The molecule has 1 aliphatic rings. The molecule has 2 atom stereocenters. The molecule has 2 N–H and O–H groups in total. The summed E-state index contributed by atoms with van der Waals surface area (Å²) >= 11 is 5.96. The third kappa shape index (κ3) is 4.47. The average Bonchev–Trinajstić information content (AvgIpc) is 2.96. The Hall–Kier alpha value is -2.16. The highest BCUT2D eigenvalue weighted by atomic mass is 35.5. The zero-order chi connectivity index (χ0) is 18.8. The normalized spacial score (nSPS) is 20.4. The van der Waals surface area contributed by atoms with Crippen molar-refractivity contribution in [1.29, 1.82) is 0 Å². The Kier molecular flexibility index (Phi) is 5.66. The van der Waals surface area contributed by atoms with Gasteiger partial charge < -0.3 is 20.1 Å². The Balaban J connectivity index is 2.14. The first kappa shape index (κ1) is 19.2. The van der Waals surface area contributed by atoms with Gasteiger partial charge in [-0.25, -0.2) is 4.79 Å². The second kappa shape index (κ2) is 7.38.